The van der Waals surface area contributed by atoms with Crippen molar-refractivity contribution in [2.75, 3.05) is 17.6 Å². The number of hydrogen-bond donors (Lipinski definition) is 2. The number of anilines is 1. The lowest BCUT2D eigenvalue weighted by molar-refractivity contribution is -0.113. The molecule has 3 aromatic rings. The van der Waals surface area contributed by atoms with E-state index in [2.05, 4.69) is 25.8 Å². The van der Waals surface area contributed by atoms with Crippen molar-refractivity contribution >= 4 is 63.2 Å². The monoisotopic (exact) mass is 484 g/mol. The predicted molar refractivity (Wildman–Crippen MR) is 120 cm³/mol. The van der Waals surface area contributed by atoms with Gasteiger partial charge in [-0.15, -0.1) is 21.5 Å². The van der Waals surface area contributed by atoms with E-state index in [1.165, 1.54) is 29.2 Å². The number of aromatic nitrogens is 4. The number of carbonyl (C=O) groups is 2. The van der Waals surface area contributed by atoms with Crippen molar-refractivity contribution in [3.05, 3.63) is 51.2 Å². The van der Waals surface area contributed by atoms with Crippen LogP contribution < -0.4 is 10.6 Å². The Bertz CT molecular complexity index is 1030. The average Bonchev–Trinajstić information content (AvgIpc) is 3.37. The fourth-order valence-corrected chi connectivity index (χ4v) is 4.19. The molecule has 158 valence electrons. The molecule has 0 fully saturated rings. The molecular formula is C18H18Cl2N6O2S2. The Morgan fingerprint density at radius 2 is 2.07 bits per heavy atom. The van der Waals surface area contributed by atoms with E-state index in [1.54, 1.807) is 23.7 Å². The molecule has 30 heavy (non-hydrogen) atoms. The number of hydrogen-bond acceptors (Lipinski definition) is 7. The maximum atomic E-state index is 12.3. The minimum Gasteiger partial charge on any atom is -0.352 e. The highest BCUT2D eigenvalue weighted by Crippen LogP contribution is 2.22. The van der Waals surface area contributed by atoms with Crippen LogP contribution in [0.4, 0.5) is 5.13 Å². The first-order chi connectivity index (χ1) is 14.5. The number of halogens is 2. The fourth-order valence-electron chi connectivity index (χ4n) is 2.53. The van der Waals surface area contributed by atoms with Crippen LogP contribution in [0.25, 0.3) is 0 Å². The van der Waals surface area contributed by atoms with Crippen molar-refractivity contribution in [2.45, 2.75) is 25.0 Å². The highest BCUT2D eigenvalue weighted by molar-refractivity contribution is 7.99. The summed E-state index contributed by atoms with van der Waals surface area (Å²) in [6.07, 6.45) is 2.13. The number of nitrogens with zero attached hydrogens (tertiary/aromatic N) is 4. The van der Waals surface area contributed by atoms with E-state index >= 15 is 0 Å². The maximum Gasteiger partial charge on any atom is 0.251 e. The van der Waals surface area contributed by atoms with Crippen molar-refractivity contribution < 1.29 is 9.59 Å². The zero-order chi connectivity index (χ0) is 21.5. The van der Waals surface area contributed by atoms with Crippen molar-refractivity contribution in [1.29, 1.82) is 0 Å². The predicted octanol–water partition coefficient (Wildman–Crippen LogP) is 3.76. The molecule has 0 spiro atoms. The van der Waals surface area contributed by atoms with E-state index in [1.807, 2.05) is 11.5 Å². The Kier molecular flexibility index (Phi) is 8.08. The second-order valence-corrected chi connectivity index (χ2v) is 8.60. The van der Waals surface area contributed by atoms with Crippen LogP contribution in [0.15, 0.2) is 34.9 Å². The Morgan fingerprint density at radius 1 is 1.23 bits per heavy atom. The molecule has 0 saturated heterocycles. The smallest absolute Gasteiger partial charge is 0.251 e. The number of thioether (sulfide) groups is 1. The molecule has 0 radical (unpaired) electrons. The standard InChI is InChI=1S/C18H18Cl2N6O2S2/c1-2-26-14(5-6-21-16(28)11-3-4-12(19)13(20)9-11)24-25-18(26)30-10-15(27)23-17-22-7-8-29-17/h3-4,7-9H,2,5-6,10H2,1H3,(H,21,28)(H,22,23,27). The summed E-state index contributed by atoms with van der Waals surface area (Å²) in [4.78, 5) is 28.3. The molecule has 0 unspecified atom stereocenters. The van der Waals surface area contributed by atoms with Gasteiger partial charge in [0.1, 0.15) is 5.82 Å². The molecule has 3 rings (SSSR count). The topological polar surface area (TPSA) is 102 Å². The lowest BCUT2D eigenvalue weighted by Gasteiger charge is -2.08. The van der Waals surface area contributed by atoms with E-state index in [-0.39, 0.29) is 17.6 Å². The maximum absolute atomic E-state index is 12.3. The zero-order valence-corrected chi connectivity index (χ0v) is 19.0. The van der Waals surface area contributed by atoms with E-state index in [9.17, 15) is 9.59 Å². The second kappa shape index (κ2) is 10.8. The molecule has 0 aliphatic carbocycles. The molecule has 2 heterocycles. The van der Waals surface area contributed by atoms with Gasteiger partial charge in [0.15, 0.2) is 10.3 Å². The summed E-state index contributed by atoms with van der Waals surface area (Å²) >= 11 is 14.5. The summed E-state index contributed by atoms with van der Waals surface area (Å²) in [5, 5.41) is 17.7. The number of amides is 2. The Hall–Kier alpha value is -2.14. The summed E-state index contributed by atoms with van der Waals surface area (Å²) in [6, 6.07) is 4.73. The average molecular weight is 485 g/mol. The Balaban J connectivity index is 1.51. The summed E-state index contributed by atoms with van der Waals surface area (Å²) < 4.78 is 1.92. The van der Waals surface area contributed by atoms with Gasteiger partial charge >= 0.3 is 0 Å². The first-order valence-corrected chi connectivity index (χ1v) is 11.6. The van der Waals surface area contributed by atoms with Gasteiger partial charge in [-0.3, -0.25) is 9.59 Å². The van der Waals surface area contributed by atoms with Gasteiger partial charge in [-0.05, 0) is 25.1 Å². The number of thiazole rings is 1. The highest BCUT2D eigenvalue weighted by atomic mass is 35.5. The normalized spacial score (nSPS) is 10.8. The fraction of sp³-hybridized carbons (Fsp3) is 0.278. The molecular weight excluding hydrogens is 467 g/mol. The highest BCUT2D eigenvalue weighted by Gasteiger charge is 2.14. The molecule has 0 atom stereocenters. The van der Waals surface area contributed by atoms with Gasteiger partial charge in [-0.25, -0.2) is 4.98 Å². The van der Waals surface area contributed by atoms with Crippen molar-refractivity contribution in [3.63, 3.8) is 0 Å². The quantitative estimate of drug-likeness (QED) is 0.448. The van der Waals surface area contributed by atoms with Gasteiger partial charge in [-0.2, -0.15) is 0 Å². The van der Waals surface area contributed by atoms with E-state index in [0.717, 1.165) is 5.82 Å². The van der Waals surface area contributed by atoms with E-state index in [4.69, 9.17) is 23.2 Å². The van der Waals surface area contributed by atoms with Crippen LogP contribution in [-0.2, 0) is 17.8 Å². The van der Waals surface area contributed by atoms with Gasteiger partial charge in [0.05, 0.1) is 15.8 Å². The largest absolute Gasteiger partial charge is 0.352 e. The first kappa shape index (κ1) is 22.5. The van der Waals surface area contributed by atoms with Crippen LogP contribution in [0.3, 0.4) is 0 Å². The number of carbonyl (C=O) groups excluding carboxylic acids is 2. The number of benzene rings is 1. The molecule has 2 N–H and O–H groups in total. The van der Waals surface area contributed by atoms with Crippen molar-refractivity contribution in [1.82, 2.24) is 25.1 Å². The van der Waals surface area contributed by atoms with Gasteiger partial charge in [0.25, 0.3) is 5.91 Å². The van der Waals surface area contributed by atoms with E-state index in [0.29, 0.717) is 45.4 Å². The van der Waals surface area contributed by atoms with Gasteiger partial charge in [0.2, 0.25) is 5.91 Å². The molecule has 2 aromatic heterocycles. The van der Waals surface area contributed by atoms with Gasteiger partial charge in [0, 0.05) is 36.7 Å². The lowest BCUT2D eigenvalue weighted by atomic mass is 10.2. The van der Waals surface area contributed by atoms with Gasteiger partial charge in [-0.1, -0.05) is 35.0 Å². The second-order valence-electron chi connectivity index (χ2n) is 5.95. The third kappa shape index (κ3) is 5.94. The third-order valence-corrected chi connectivity index (χ3v) is 6.33. The van der Waals surface area contributed by atoms with Crippen molar-refractivity contribution in [2.24, 2.45) is 0 Å². The number of nitrogens with one attached hydrogen (secondary N) is 2. The van der Waals surface area contributed by atoms with Crippen LogP contribution in [0, 0.1) is 0 Å². The first-order valence-electron chi connectivity index (χ1n) is 8.95. The molecule has 0 saturated carbocycles. The molecule has 0 aliphatic heterocycles. The SMILES string of the molecule is CCn1c(CCNC(=O)c2ccc(Cl)c(Cl)c2)nnc1SCC(=O)Nc1nccs1. The number of rotatable bonds is 9. The minimum absolute atomic E-state index is 0.156. The summed E-state index contributed by atoms with van der Waals surface area (Å²) in [5.74, 6) is 0.529. The van der Waals surface area contributed by atoms with Gasteiger partial charge < -0.3 is 15.2 Å². The summed E-state index contributed by atoms with van der Waals surface area (Å²) in [7, 11) is 0. The van der Waals surface area contributed by atoms with Crippen molar-refractivity contribution in [3.8, 4) is 0 Å². The summed E-state index contributed by atoms with van der Waals surface area (Å²) in [5.41, 5.74) is 0.434. The molecule has 0 bridgehead atoms. The lowest BCUT2D eigenvalue weighted by Crippen LogP contribution is -2.26. The van der Waals surface area contributed by atoms with E-state index < -0.39 is 0 Å². The summed E-state index contributed by atoms with van der Waals surface area (Å²) in [6.45, 7) is 3.01. The van der Waals surface area contributed by atoms with Crippen LogP contribution in [0.1, 0.15) is 23.1 Å². The van der Waals surface area contributed by atoms with Crippen LogP contribution in [0.2, 0.25) is 10.0 Å². The van der Waals surface area contributed by atoms with Crippen LogP contribution in [0.5, 0.6) is 0 Å². The third-order valence-electron chi connectivity index (χ3n) is 3.94. The Labute approximate surface area is 191 Å². The molecule has 8 nitrogen and oxygen atoms in total. The zero-order valence-electron chi connectivity index (χ0n) is 15.9. The molecule has 0 aliphatic rings. The van der Waals surface area contributed by atoms with Crippen LogP contribution in [-0.4, -0.2) is 43.9 Å². The minimum atomic E-state index is -0.246. The molecule has 2 amide bonds. The molecule has 12 heteroatoms. The van der Waals surface area contributed by atoms with Crippen LogP contribution >= 0.6 is 46.3 Å². The Morgan fingerprint density at radius 3 is 2.77 bits per heavy atom. The molecule has 1 aromatic carbocycles.